The fraction of sp³-hybridized carbons (Fsp3) is 0.405. The second kappa shape index (κ2) is 13.2. The molecule has 0 radical (unpaired) electrons. The number of halogens is 2. The minimum atomic E-state index is -0.861. The van der Waals surface area contributed by atoms with Gasteiger partial charge in [-0.1, -0.05) is 18.6 Å². The van der Waals surface area contributed by atoms with Crippen molar-refractivity contribution < 1.29 is 37.6 Å². The number of ether oxygens (including phenoxy) is 4. The Hall–Kier alpha value is -5.10. The van der Waals surface area contributed by atoms with E-state index in [1.807, 2.05) is 4.90 Å². The number of aromatic nitrogens is 3. The Kier molecular flexibility index (Phi) is 8.57. The average Bonchev–Trinajstić information content (AvgIpc) is 3.94. The van der Waals surface area contributed by atoms with Gasteiger partial charge in [-0.15, -0.1) is 6.42 Å². The molecule has 2 aromatic carbocycles. The van der Waals surface area contributed by atoms with E-state index >= 15 is 8.78 Å². The van der Waals surface area contributed by atoms with Gasteiger partial charge in [-0.3, -0.25) is 9.69 Å². The van der Waals surface area contributed by atoms with E-state index in [1.165, 1.54) is 30.3 Å². The number of benzene rings is 2. The van der Waals surface area contributed by atoms with Gasteiger partial charge in [-0.25, -0.2) is 13.8 Å². The van der Waals surface area contributed by atoms with Crippen molar-refractivity contribution in [2.45, 2.75) is 24.9 Å². The molecular weight excluding hydrogens is 662 g/mol. The molecule has 0 bridgehead atoms. The molecule has 51 heavy (non-hydrogen) atoms. The molecule has 5 heterocycles. The number of phenols is 1. The van der Waals surface area contributed by atoms with Crippen molar-refractivity contribution in [3.8, 4) is 41.2 Å². The Bertz CT molecular complexity index is 2100. The summed E-state index contributed by atoms with van der Waals surface area (Å²) < 4.78 is 56.2. The molecule has 4 aliphatic rings. The van der Waals surface area contributed by atoms with Crippen LogP contribution in [0.15, 0.2) is 36.9 Å². The lowest BCUT2D eigenvalue weighted by Crippen LogP contribution is -2.48. The molecule has 14 heteroatoms. The van der Waals surface area contributed by atoms with Crippen LogP contribution in [0.3, 0.4) is 0 Å². The molecule has 0 unspecified atom stereocenters. The SMILES string of the molecule is C#Cc1c(F)ccc2cc(O)cc(-c3nc4c5c(nc(OCC6(CN7CCOCC7)CC6)nc5c3F)N3C[C@@H](NC(=O)C=C)COC[C@H]3CO4)c12. The largest absolute Gasteiger partial charge is 0.508 e. The number of carbonyl (C=O) groups is 1. The molecule has 2 N–H and O–H groups in total. The minimum absolute atomic E-state index is 0.0313. The van der Waals surface area contributed by atoms with Gasteiger partial charge in [0.2, 0.25) is 11.8 Å². The third-order valence-electron chi connectivity index (χ3n) is 9.99. The van der Waals surface area contributed by atoms with Crippen LogP contribution in [0.25, 0.3) is 32.9 Å². The summed E-state index contributed by atoms with van der Waals surface area (Å²) in [5.74, 6) is 0.616. The first-order valence-corrected chi connectivity index (χ1v) is 16.9. The van der Waals surface area contributed by atoms with Crippen LogP contribution in [0.4, 0.5) is 14.6 Å². The number of hydrogen-bond donors (Lipinski definition) is 2. The Labute approximate surface area is 292 Å². The molecule has 264 valence electrons. The van der Waals surface area contributed by atoms with Gasteiger partial charge in [-0.2, -0.15) is 9.97 Å². The first kappa shape index (κ1) is 33.1. The number of morpholine rings is 1. The van der Waals surface area contributed by atoms with Gasteiger partial charge in [0.05, 0.1) is 50.7 Å². The van der Waals surface area contributed by atoms with Crippen molar-refractivity contribution >= 4 is 33.4 Å². The van der Waals surface area contributed by atoms with E-state index in [1.54, 1.807) is 0 Å². The number of carbonyl (C=O) groups excluding carboxylic acids is 1. The third kappa shape index (κ3) is 6.26. The molecule has 2 atom stereocenters. The number of nitrogens with zero attached hydrogens (tertiary/aromatic N) is 5. The molecule has 1 amide bonds. The van der Waals surface area contributed by atoms with Gasteiger partial charge in [0.25, 0.3) is 0 Å². The van der Waals surface area contributed by atoms with Crippen LogP contribution in [0.2, 0.25) is 0 Å². The molecular formula is C37H36F2N6O6. The summed E-state index contributed by atoms with van der Waals surface area (Å²) in [6.07, 6.45) is 8.86. The molecule has 2 saturated heterocycles. The van der Waals surface area contributed by atoms with Crippen LogP contribution in [0.5, 0.6) is 17.6 Å². The van der Waals surface area contributed by atoms with Crippen molar-refractivity contribution in [3.05, 3.63) is 54.1 Å². The smallest absolute Gasteiger partial charge is 0.319 e. The zero-order valence-electron chi connectivity index (χ0n) is 27.8. The monoisotopic (exact) mass is 698 g/mol. The van der Waals surface area contributed by atoms with Crippen LogP contribution < -0.4 is 19.7 Å². The summed E-state index contributed by atoms with van der Waals surface area (Å²) in [6.45, 7) is 8.56. The van der Waals surface area contributed by atoms with Crippen LogP contribution in [-0.4, -0.2) is 109 Å². The number of rotatable bonds is 8. The van der Waals surface area contributed by atoms with E-state index in [0.29, 0.717) is 31.0 Å². The second-order valence-electron chi connectivity index (χ2n) is 13.5. The third-order valence-corrected chi connectivity index (χ3v) is 9.99. The van der Waals surface area contributed by atoms with Crippen molar-refractivity contribution in [3.63, 3.8) is 0 Å². The maximum absolute atomic E-state index is 17.2. The van der Waals surface area contributed by atoms with Crippen LogP contribution in [-0.2, 0) is 14.3 Å². The van der Waals surface area contributed by atoms with Gasteiger partial charge < -0.3 is 34.3 Å². The summed E-state index contributed by atoms with van der Waals surface area (Å²) in [5.41, 5.74) is -0.505. The number of pyridine rings is 1. The number of hydrogen-bond acceptors (Lipinski definition) is 11. The van der Waals surface area contributed by atoms with Crippen molar-refractivity contribution in [2.75, 3.05) is 70.7 Å². The van der Waals surface area contributed by atoms with Crippen LogP contribution in [0, 0.1) is 29.4 Å². The first-order chi connectivity index (χ1) is 24.8. The molecule has 3 aliphatic heterocycles. The van der Waals surface area contributed by atoms with Gasteiger partial charge >= 0.3 is 6.01 Å². The first-order valence-electron chi connectivity index (χ1n) is 16.9. The number of fused-ring (bicyclic) bond motifs is 3. The highest BCUT2D eigenvalue weighted by Crippen LogP contribution is 2.47. The van der Waals surface area contributed by atoms with E-state index in [2.05, 4.69) is 32.7 Å². The lowest BCUT2D eigenvalue weighted by Gasteiger charge is -2.31. The number of aromatic hydroxyl groups is 1. The zero-order valence-corrected chi connectivity index (χ0v) is 27.8. The molecule has 12 nitrogen and oxygen atoms in total. The van der Waals surface area contributed by atoms with Crippen LogP contribution >= 0.6 is 0 Å². The summed E-state index contributed by atoms with van der Waals surface area (Å²) in [4.78, 5) is 30.6. The fourth-order valence-corrected chi connectivity index (χ4v) is 7.18. The van der Waals surface area contributed by atoms with E-state index in [4.69, 9.17) is 30.4 Å². The maximum Gasteiger partial charge on any atom is 0.319 e. The molecule has 4 aromatic rings. The van der Waals surface area contributed by atoms with Gasteiger partial charge in [-0.05, 0) is 42.5 Å². The van der Waals surface area contributed by atoms with Crippen molar-refractivity contribution in [1.29, 1.82) is 0 Å². The normalized spacial score (nSPS) is 21.2. The molecule has 0 spiro atoms. The number of phenolic OH excluding ortho intramolecular Hbond substituents is 1. The van der Waals surface area contributed by atoms with E-state index in [0.717, 1.165) is 32.5 Å². The van der Waals surface area contributed by atoms with E-state index in [-0.39, 0.29) is 88.4 Å². The van der Waals surface area contributed by atoms with Crippen molar-refractivity contribution in [1.82, 2.24) is 25.2 Å². The predicted molar refractivity (Wildman–Crippen MR) is 184 cm³/mol. The van der Waals surface area contributed by atoms with Gasteiger partial charge in [0.1, 0.15) is 40.6 Å². The summed E-state index contributed by atoms with van der Waals surface area (Å²) in [6, 6.07) is 4.47. The number of nitrogens with one attached hydrogen (secondary N) is 1. The lowest BCUT2D eigenvalue weighted by molar-refractivity contribution is -0.117. The Morgan fingerprint density at radius 3 is 2.73 bits per heavy atom. The molecule has 3 fully saturated rings. The zero-order chi connectivity index (χ0) is 35.3. The Morgan fingerprint density at radius 2 is 1.96 bits per heavy atom. The maximum atomic E-state index is 17.2. The Balaban J connectivity index is 1.27. The number of terminal acetylenes is 1. The summed E-state index contributed by atoms with van der Waals surface area (Å²) in [5, 5.41) is 14.4. The highest BCUT2D eigenvalue weighted by atomic mass is 19.1. The van der Waals surface area contributed by atoms with E-state index < -0.39 is 23.7 Å². The standard InChI is InChI=1S/C37H36F2N6O6/c1-3-25-27(38)6-5-21-13-24(46)14-26(29(21)25)32-31(39)33-30-34(43-36(42-33)51-20-37(7-8-37)19-44-9-11-48-12-10-44)45-15-22(40-28(47)4-2)16-49-17-23(45)18-50-35(30)41-32/h1,4-6,13-14,22-23,46H,2,7-12,15-20H2,(H,40,47)/t22-,23+/m1/s1. The fourth-order valence-electron chi connectivity index (χ4n) is 7.18. The molecule has 2 aromatic heterocycles. The van der Waals surface area contributed by atoms with Gasteiger partial charge in [0, 0.05) is 42.5 Å². The molecule has 1 saturated carbocycles. The lowest BCUT2D eigenvalue weighted by atomic mass is 9.95. The van der Waals surface area contributed by atoms with Crippen LogP contribution in [0.1, 0.15) is 18.4 Å². The highest BCUT2D eigenvalue weighted by Gasteiger charge is 2.45. The summed E-state index contributed by atoms with van der Waals surface area (Å²) in [7, 11) is 0. The second-order valence-corrected chi connectivity index (χ2v) is 13.5. The minimum Gasteiger partial charge on any atom is -0.508 e. The Morgan fingerprint density at radius 1 is 1.14 bits per heavy atom. The number of amides is 1. The molecule has 8 rings (SSSR count). The predicted octanol–water partition coefficient (Wildman–Crippen LogP) is 3.57. The highest BCUT2D eigenvalue weighted by molar-refractivity contribution is 6.04. The topological polar surface area (TPSA) is 131 Å². The molecule has 1 aliphatic carbocycles. The quantitative estimate of drug-likeness (QED) is 0.207. The number of anilines is 1. The van der Waals surface area contributed by atoms with E-state index in [9.17, 15) is 9.90 Å². The van der Waals surface area contributed by atoms with Crippen molar-refractivity contribution in [2.24, 2.45) is 5.41 Å². The average molecular weight is 699 g/mol. The van der Waals surface area contributed by atoms with Gasteiger partial charge in [0.15, 0.2) is 5.82 Å². The summed E-state index contributed by atoms with van der Waals surface area (Å²) >= 11 is 0.